The number of likely N-dealkylation sites (tertiary alicyclic amines) is 1. The summed E-state index contributed by atoms with van der Waals surface area (Å²) in [7, 11) is 2.11. The number of carbonyl (C=O) groups is 1. The Morgan fingerprint density at radius 1 is 1.32 bits per heavy atom. The zero-order valence-electron chi connectivity index (χ0n) is 22.3. The zero-order valence-corrected chi connectivity index (χ0v) is 22.3. The molecule has 1 aromatic rings. The van der Waals surface area contributed by atoms with E-state index in [9.17, 15) is 4.79 Å². The van der Waals surface area contributed by atoms with Gasteiger partial charge in [-0.2, -0.15) is 0 Å². The van der Waals surface area contributed by atoms with Crippen molar-refractivity contribution < 1.29 is 33.5 Å². The number of carboxylic acid groups (broad SMARTS) is 1. The number of benzene rings is 1. The Bertz CT molecular complexity index is 1210. The first-order valence-corrected chi connectivity index (χ1v) is 12.2. The van der Waals surface area contributed by atoms with Gasteiger partial charge in [0.2, 0.25) is 0 Å². The van der Waals surface area contributed by atoms with Crippen LogP contribution in [0.25, 0.3) is 0 Å². The molecule has 37 heavy (non-hydrogen) atoms. The monoisotopic (exact) mass is 493 g/mol. The van der Waals surface area contributed by atoms with Gasteiger partial charge in [-0.05, 0) is 67.6 Å². The van der Waals surface area contributed by atoms with Crippen LogP contribution in [0.1, 0.15) is 30.9 Å². The normalized spacial score (nSPS) is 21.2. The van der Waals surface area contributed by atoms with Gasteiger partial charge in [0.1, 0.15) is 6.10 Å². The first kappa shape index (κ1) is 28.6. The molecule has 0 radical (unpaired) electrons. The molecule has 2 aliphatic heterocycles. The molecule has 1 atom stereocenters. The van der Waals surface area contributed by atoms with Gasteiger partial charge < -0.3 is 36.5 Å². The number of carboxylic acids is 1. The van der Waals surface area contributed by atoms with E-state index in [4.69, 9.17) is 23.0 Å². The molecule has 1 unspecified atom stereocenters. The van der Waals surface area contributed by atoms with Gasteiger partial charge in [-0.1, -0.05) is 30.3 Å². The number of ether oxygens (including phenoxy) is 1. The number of allylic oxidation sites excluding steroid dienone is 2. The maximum atomic E-state index is 11.0. The second-order valence-electron chi connectivity index (χ2n) is 9.61. The van der Waals surface area contributed by atoms with E-state index in [0.29, 0.717) is 19.6 Å². The molecule has 0 aromatic heterocycles. The van der Waals surface area contributed by atoms with E-state index in [-0.39, 0.29) is 37.2 Å². The van der Waals surface area contributed by atoms with Crippen LogP contribution in [0.5, 0.6) is 0 Å². The Kier molecular flexibility index (Phi) is 9.30. The summed E-state index contributed by atoms with van der Waals surface area (Å²) in [5, 5.41) is 12.2. The Balaban J connectivity index is 0.00000380. The van der Waals surface area contributed by atoms with Crippen molar-refractivity contribution in [1.82, 2.24) is 9.80 Å². The number of likely N-dealkylation sites (N-methyl/N-ethyl adjacent to an activating group) is 1. The van der Waals surface area contributed by atoms with E-state index >= 15 is 0 Å². The van der Waals surface area contributed by atoms with Crippen molar-refractivity contribution in [3.8, 4) is 0 Å². The number of rotatable bonds is 6. The molecule has 2 saturated heterocycles. The molecule has 2 heterocycles. The number of piperidine rings is 1. The summed E-state index contributed by atoms with van der Waals surface area (Å²) in [5.74, 6) is -0.625. The van der Waals surface area contributed by atoms with Crippen molar-refractivity contribution in [3.63, 3.8) is 0 Å². The molecule has 4 rings (SSSR count). The van der Waals surface area contributed by atoms with Crippen LogP contribution in [0.3, 0.4) is 0 Å². The smallest absolute Gasteiger partial charge is 0.481 e. The molecular weight excluding hydrogens is 459 g/mol. The quantitative estimate of drug-likeness (QED) is 0.353. The zero-order chi connectivity index (χ0) is 26.0. The average Bonchev–Trinajstić information content (AvgIpc) is 2.94. The third-order valence-corrected chi connectivity index (χ3v) is 6.98. The van der Waals surface area contributed by atoms with Crippen molar-refractivity contribution in [1.29, 1.82) is 0 Å². The van der Waals surface area contributed by atoms with Crippen LogP contribution in [0.15, 0.2) is 69.8 Å². The summed E-state index contributed by atoms with van der Waals surface area (Å²) in [6.07, 6.45) is 3.57. The number of anilines is 1. The van der Waals surface area contributed by atoms with E-state index in [2.05, 4.69) is 46.7 Å². The predicted octanol–water partition coefficient (Wildman–Crippen LogP) is 1.27. The molecule has 0 amide bonds. The van der Waals surface area contributed by atoms with Crippen LogP contribution in [0.2, 0.25) is 0 Å². The fraction of sp³-hybridized carbons (Fsp3) is 0.379. The minimum absolute atomic E-state index is 0. The van der Waals surface area contributed by atoms with E-state index in [1.165, 1.54) is 11.3 Å². The number of morpholine rings is 1. The van der Waals surface area contributed by atoms with Crippen molar-refractivity contribution in [2.45, 2.75) is 39.2 Å². The van der Waals surface area contributed by atoms with Crippen molar-refractivity contribution in [2.24, 2.45) is 4.99 Å². The van der Waals surface area contributed by atoms with E-state index in [1.54, 1.807) is 12.1 Å². The van der Waals surface area contributed by atoms with Gasteiger partial charge in [0, 0.05) is 31.5 Å². The van der Waals surface area contributed by atoms with Crippen LogP contribution in [-0.4, -0.2) is 66.0 Å². The second kappa shape index (κ2) is 12.0. The summed E-state index contributed by atoms with van der Waals surface area (Å²) < 4.78 is 6.08. The molecule has 7 nitrogen and oxygen atoms in total. The SMILES string of the molecule is [CH-]=C(/N=C1/CN(C2=CCC(=C)C3OCCN(C)C3=C2C)CCC1=[CH-])Nc1ccc(CC(=O)O)c(C)c1.[Li+]. The minimum Gasteiger partial charge on any atom is -0.481 e. The molecule has 190 valence electrons. The third kappa shape index (κ3) is 6.48. The van der Waals surface area contributed by atoms with Crippen molar-refractivity contribution >= 4 is 17.4 Å². The van der Waals surface area contributed by atoms with Crippen LogP contribution in [0.4, 0.5) is 5.69 Å². The molecule has 8 heteroatoms. The molecule has 0 saturated carbocycles. The average molecular weight is 494 g/mol. The van der Waals surface area contributed by atoms with Gasteiger partial charge >= 0.3 is 24.8 Å². The number of aryl methyl sites for hydroxylation is 1. The Labute approximate surface area is 232 Å². The summed E-state index contributed by atoms with van der Waals surface area (Å²) in [6, 6.07) is 5.46. The summed E-state index contributed by atoms with van der Waals surface area (Å²) in [4.78, 5) is 20.2. The summed E-state index contributed by atoms with van der Waals surface area (Å²) in [5.41, 5.74) is 8.42. The Morgan fingerprint density at radius 2 is 2.08 bits per heavy atom. The third-order valence-electron chi connectivity index (χ3n) is 6.98. The standard InChI is InChI=1S/C29H34N4O3.Li/c1-18-11-12-33(26-10-7-19(2)29-28(21(26)4)32(6)13-14-36-29)17-25(18)31-22(5)30-24-9-8-23(16-27(34)35)20(3)15-24;/h1,5,8-10,15,29-30H,2,7,11-14,16-17H2,3-4,6H3,(H,34,35);/q-2;+1/b31-25-;. The van der Waals surface area contributed by atoms with Gasteiger partial charge in [0.05, 0.1) is 18.7 Å². The number of nitrogens with zero attached hydrogens (tertiary/aromatic N) is 3. The molecule has 0 spiro atoms. The summed E-state index contributed by atoms with van der Waals surface area (Å²) >= 11 is 0. The second-order valence-corrected chi connectivity index (χ2v) is 9.61. The first-order valence-electron chi connectivity index (χ1n) is 12.2. The Morgan fingerprint density at radius 3 is 2.78 bits per heavy atom. The molecule has 1 aromatic carbocycles. The molecule has 2 N–H and O–H groups in total. The largest absolute Gasteiger partial charge is 1.00 e. The number of hydrogen-bond acceptors (Lipinski definition) is 6. The number of nitrogens with one attached hydrogen (secondary N) is 1. The van der Waals surface area contributed by atoms with Crippen LogP contribution in [0, 0.1) is 20.1 Å². The molecule has 0 bridgehead atoms. The minimum atomic E-state index is -0.860. The maximum Gasteiger partial charge on any atom is 1.00 e. The van der Waals surface area contributed by atoms with Gasteiger partial charge in [0.15, 0.2) is 0 Å². The number of hydrogen-bond donors (Lipinski definition) is 2. The number of aliphatic carboxylic acids is 1. The van der Waals surface area contributed by atoms with Crippen LogP contribution in [-0.2, 0) is 16.0 Å². The van der Waals surface area contributed by atoms with Gasteiger partial charge in [0.25, 0.3) is 0 Å². The molecule has 3 aliphatic rings. The first-order chi connectivity index (χ1) is 17.1. The molecular formula is C29H34LiN4O3-. The van der Waals surface area contributed by atoms with Crippen LogP contribution >= 0.6 is 0 Å². The van der Waals surface area contributed by atoms with Crippen molar-refractivity contribution in [3.05, 3.63) is 89.1 Å². The topological polar surface area (TPSA) is 77.4 Å². The number of fused-ring (bicyclic) bond motifs is 1. The predicted molar refractivity (Wildman–Crippen MR) is 142 cm³/mol. The van der Waals surface area contributed by atoms with E-state index in [0.717, 1.165) is 58.9 Å². The van der Waals surface area contributed by atoms with E-state index in [1.807, 2.05) is 13.0 Å². The number of aliphatic imine (C=N–C) groups is 1. The van der Waals surface area contributed by atoms with Gasteiger partial charge in [-0.15, -0.1) is 0 Å². The van der Waals surface area contributed by atoms with Gasteiger partial charge in [-0.25, -0.2) is 5.57 Å². The Hall–Kier alpha value is -2.98. The summed E-state index contributed by atoms with van der Waals surface area (Å²) in [6.45, 7) is 23.8. The fourth-order valence-electron chi connectivity index (χ4n) is 5.02. The molecule has 1 aliphatic carbocycles. The molecule has 2 fully saturated rings. The van der Waals surface area contributed by atoms with Crippen molar-refractivity contribution in [2.75, 3.05) is 38.6 Å². The maximum absolute atomic E-state index is 11.0. The van der Waals surface area contributed by atoms with Gasteiger partial charge in [-0.3, -0.25) is 11.4 Å². The van der Waals surface area contributed by atoms with E-state index < -0.39 is 5.97 Å². The fourth-order valence-corrected chi connectivity index (χ4v) is 5.02. The van der Waals surface area contributed by atoms with Crippen LogP contribution < -0.4 is 24.2 Å².